The predicted molar refractivity (Wildman–Crippen MR) is 138 cm³/mol. The van der Waals surface area contributed by atoms with E-state index in [-0.39, 0.29) is 51.6 Å². The van der Waals surface area contributed by atoms with Gasteiger partial charge in [0.05, 0.1) is 11.0 Å². The minimum Gasteiger partial charge on any atom is -0.339 e. The molecular formula is C31H39N3O3. The van der Waals surface area contributed by atoms with Crippen molar-refractivity contribution in [2.75, 3.05) is 0 Å². The highest BCUT2D eigenvalue weighted by atomic mass is 16.5. The highest BCUT2D eigenvalue weighted by Gasteiger charge is 2.66. The Morgan fingerprint density at radius 1 is 1.08 bits per heavy atom. The molecule has 0 amide bonds. The van der Waals surface area contributed by atoms with Gasteiger partial charge >= 0.3 is 0 Å². The predicted octanol–water partition coefficient (Wildman–Crippen LogP) is 6.07. The molecule has 1 aromatic heterocycles. The van der Waals surface area contributed by atoms with Crippen LogP contribution in [0.15, 0.2) is 27.8 Å². The molecule has 6 heteroatoms. The molecule has 0 radical (unpaired) electrons. The quantitative estimate of drug-likeness (QED) is 0.463. The topological polar surface area (TPSA) is 96.9 Å². The van der Waals surface area contributed by atoms with Gasteiger partial charge in [0.2, 0.25) is 5.89 Å². The lowest BCUT2D eigenvalue weighted by Gasteiger charge is -2.64. The monoisotopic (exact) mass is 501 g/mol. The zero-order valence-electron chi connectivity index (χ0n) is 23.1. The molecule has 5 aliphatic rings. The molecule has 37 heavy (non-hydrogen) atoms. The van der Waals surface area contributed by atoms with E-state index < -0.39 is 10.8 Å². The van der Waals surface area contributed by atoms with E-state index in [1.54, 1.807) is 0 Å². The largest absolute Gasteiger partial charge is 0.339 e. The molecule has 3 fully saturated rings. The summed E-state index contributed by atoms with van der Waals surface area (Å²) in [5, 5.41) is 14.0. The van der Waals surface area contributed by atoms with Gasteiger partial charge < -0.3 is 4.52 Å². The van der Waals surface area contributed by atoms with Crippen LogP contribution in [0.1, 0.15) is 91.3 Å². The van der Waals surface area contributed by atoms with E-state index in [0.717, 1.165) is 56.4 Å². The van der Waals surface area contributed by atoms with Crippen molar-refractivity contribution in [2.45, 2.75) is 91.9 Å². The van der Waals surface area contributed by atoms with Gasteiger partial charge in [-0.05, 0) is 74.2 Å². The van der Waals surface area contributed by atoms with Crippen LogP contribution < -0.4 is 0 Å². The highest BCUT2D eigenvalue weighted by Crippen LogP contribution is 2.70. The average Bonchev–Trinajstić information content (AvgIpc) is 3.29. The van der Waals surface area contributed by atoms with Crippen LogP contribution in [-0.2, 0) is 15.0 Å². The first-order valence-corrected chi connectivity index (χ1v) is 14.2. The Hall–Kier alpha value is -2.55. The summed E-state index contributed by atoms with van der Waals surface area (Å²) in [7, 11) is 0. The van der Waals surface area contributed by atoms with Gasteiger partial charge in [-0.15, -0.1) is 0 Å². The van der Waals surface area contributed by atoms with Gasteiger partial charge in [0.25, 0.3) is 0 Å². The maximum absolute atomic E-state index is 14.3. The first-order valence-electron chi connectivity index (χ1n) is 14.2. The number of aryl methyl sites for hydroxylation is 1. The van der Waals surface area contributed by atoms with Gasteiger partial charge in [-0.1, -0.05) is 64.3 Å². The van der Waals surface area contributed by atoms with Crippen molar-refractivity contribution in [3.63, 3.8) is 0 Å². The normalized spacial score (nSPS) is 44.4. The second kappa shape index (κ2) is 7.74. The van der Waals surface area contributed by atoms with Crippen LogP contribution in [0.4, 0.5) is 0 Å². The number of Topliss-reactive ketones (excluding diaryl/α,β-unsaturated/α-hetero) is 1. The molecule has 1 heterocycles. The zero-order valence-corrected chi connectivity index (χ0v) is 23.1. The minimum absolute atomic E-state index is 0.0602. The number of carbonyl (C=O) groups excluding carboxylic acids is 2. The lowest BCUT2D eigenvalue weighted by atomic mass is 9.38. The molecule has 3 saturated carbocycles. The fourth-order valence-electron chi connectivity index (χ4n) is 10.3. The molecule has 5 aliphatic carbocycles. The SMILES string of the molecule is Cc1noc(C23CCCC(C)C2C2C(=O)C=C4C5(C)C=C(C#N)C(=O)C(C)(C)C5CCC4(C)C2CC3)n1. The van der Waals surface area contributed by atoms with Crippen molar-refractivity contribution in [1.82, 2.24) is 10.1 Å². The number of fused-ring (bicyclic) bond motifs is 7. The summed E-state index contributed by atoms with van der Waals surface area (Å²) in [6.45, 7) is 12.7. The summed E-state index contributed by atoms with van der Waals surface area (Å²) in [5.41, 5.74) is -0.0884. The van der Waals surface area contributed by atoms with Crippen molar-refractivity contribution in [2.24, 2.45) is 45.8 Å². The fourth-order valence-corrected chi connectivity index (χ4v) is 10.3. The van der Waals surface area contributed by atoms with Gasteiger partial charge in [0.15, 0.2) is 17.4 Å². The third-order valence-electron chi connectivity index (χ3n) is 11.8. The van der Waals surface area contributed by atoms with E-state index in [2.05, 4.69) is 32.0 Å². The van der Waals surface area contributed by atoms with Gasteiger partial charge in [-0.2, -0.15) is 10.2 Å². The van der Waals surface area contributed by atoms with Crippen LogP contribution in [0.25, 0.3) is 0 Å². The minimum atomic E-state index is -0.633. The molecule has 196 valence electrons. The van der Waals surface area contributed by atoms with Gasteiger partial charge in [-0.3, -0.25) is 9.59 Å². The van der Waals surface area contributed by atoms with E-state index in [9.17, 15) is 14.9 Å². The number of carbonyl (C=O) groups is 2. The molecular weight excluding hydrogens is 462 g/mol. The molecule has 0 N–H and O–H groups in total. The van der Waals surface area contributed by atoms with E-state index in [1.165, 1.54) is 0 Å². The number of rotatable bonds is 1. The summed E-state index contributed by atoms with van der Waals surface area (Å²) in [4.78, 5) is 32.2. The standard InChI is InChI=1S/C31H39N3O3/c1-17-8-7-11-31(27-33-18(2)34-37-27)13-9-20-24(25(17)31)21(35)14-23-29(20,5)12-10-22-28(3,4)26(36)19(16-32)15-30(22,23)6/h14-15,17,20,22,24-25H,7-13H2,1-6H3. The van der Waals surface area contributed by atoms with Crippen LogP contribution in [0, 0.1) is 64.1 Å². The lowest BCUT2D eigenvalue weighted by molar-refractivity contribution is -0.142. The maximum atomic E-state index is 14.3. The summed E-state index contributed by atoms with van der Waals surface area (Å²) < 4.78 is 5.84. The molecule has 6 rings (SSSR count). The van der Waals surface area contributed by atoms with E-state index in [0.29, 0.717) is 11.7 Å². The number of ketones is 2. The Balaban J connectivity index is 1.50. The zero-order chi connectivity index (χ0) is 26.5. The Labute approximate surface area is 220 Å². The first kappa shape index (κ1) is 24.8. The average molecular weight is 502 g/mol. The second-order valence-electron chi connectivity index (χ2n) is 13.8. The van der Waals surface area contributed by atoms with Crippen LogP contribution in [-0.4, -0.2) is 21.7 Å². The maximum Gasteiger partial charge on any atom is 0.233 e. The van der Waals surface area contributed by atoms with E-state index >= 15 is 0 Å². The number of allylic oxidation sites excluding steroid dienone is 4. The van der Waals surface area contributed by atoms with Crippen molar-refractivity contribution in [3.05, 3.63) is 35.0 Å². The Morgan fingerprint density at radius 2 is 1.84 bits per heavy atom. The Kier molecular flexibility index (Phi) is 5.18. The number of aromatic nitrogens is 2. The summed E-state index contributed by atoms with van der Waals surface area (Å²) in [5.74, 6) is 2.39. The molecule has 8 atom stereocenters. The molecule has 0 bridgehead atoms. The van der Waals surface area contributed by atoms with Gasteiger partial charge in [0, 0.05) is 16.7 Å². The van der Waals surface area contributed by atoms with Crippen molar-refractivity contribution < 1.29 is 14.1 Å². The third kappa shape index (κ3) is 3.03. The summed E-state index contributed by atoms with van der Waals surface area (Å²) in [6.07, 6.45) is 10.9. The number of hydrogen-bond donors (Lipinski definition) is 0. The molecule has 0 spiro atoms. The van der Waals surface area contributed by atoms with Crippen LogP contribution in [0.3, 0.4) is 0 Å². The first-order chi connectivity index (χ1) is 17.4. The molecule has 8 unspecified atom stereocenters. The van der Waals surface area contributed by atoms with E-state index in [4.69, 9.17) is 9.51 Å². The van der Waals surface area contributed by atoms with Gasteiger partial charge in [-0.25, -0.2) is 0 Å². The summed E-state index contributed by atoms with van der Waals surface area (Å²) in [6, 6.07) is 2.19. The third-order valence-corrected chi connectivity index (χ3v) is 11.8. The van der Waals surface area contributed by atoms with E-state index in [1.807, 2.05) is 32.9 Å². The molecule has 0 saturated heterocycles. The number of hydrogen-bond acceptors (Lipinski definition) is 6. The van der Waals surface area contributed by atoms with Crippen LogP contribution in [0.2, 0.25) is 0 Å². The Bertz CT molecular complexity index is 1300. The van der Waals surface area contributed by atoms with Crippen molar-refractivity contribution in [1.29, 1.82) is 5.26 Å². The lowest BCUT2D eigenvalue weighted by Crippen LogP contribution is -2.61. The second-order valence-corrected chi connectivity index (χ2v) is 13.8. The molecule has 1 aromatic rings. The molecule has 6 nitrogen and oxygen atoms in total. The van der Waals surface area contributed by atoms with Crippen LogP contribution >= 0.6 is 0 Å². The molecule has 0 aliphatic heterocycles. The van der Waals surface area contributed by atoms with Crippen molar-refractivity contribution in [3.8, 4) is 6.07 Å². The smallest absolute Gasteiger partial charge is 0.233 e. The molecule has 0 aromatic carbocycles. The fraction of sp³-hybridized carbons (Fsp3) is 0.710. The number of nitrogens with zero attached hydrogens (tertiary/aromatic N) is 3. The van der Waals surface area contributed by atoms with Crippen molar-refractivity contribution >= 4 is 11.6 Å². The Morgan fingerprint density at radius 3 is 2.51 bits per heavy atom. The summed E-state index contributed by atoms with van der Waals surface area (Å²) >= 11 is 0. The van der Waals surface area contributed by atoms with Crippen LogP contribution in [0.5, 0.6) is 0 Å². The highest BCUT2D eigenvalue weighted by molar-refractivity contribution is 6.04. The van der Waals surface area contributed by atoms with Gasteiger partial charge in [0.1, 0.15) is 6.07 Å². The number of nitriles is 1.